The summed E-state index contributed by atoms with van der Waals surface area (Å²) in [6.45, 7) is 0.879. The van der Waals surface area contributed by atoms with Crippen molar-refractivity contribution < 1.29 is 0 Å². The van der Waals surface area contributed by atoms with Crippen LogP contribution >= 0.6 is 0 Å². The Kier molecular flexibility index (Phi) is 3.73. The van der Waals surface area contributed by atoms with Crippen molar-refractivity contribution in [3.8, 4) is 0 Å². The van der Waals surface area contributed by atoms with Crippen molar-refractivity contribution in [2.45, 2.75) is 19.3 Å². The van der Waals surface area contributed by atoms with E-state index in [9.17, 15) is 0 Å². The largest absolute Gasteiger partial charge is 0.399 e. The van der Waals surface area contributed by atoms with E-state index in [0.29, 0.717) is 0 Å². The fraction of sp³-hybridized carbons (Fsp3) is 0.222. The van der Waals surface area contributed by atoms with Gasteiger partial charge in [-0.05, 0) is 48.6 Å². The summed E-state index contributed by atoms with van der Waals surface area (Å²) in [5.41, 5.74) is 11.1. The highest BCUT2D eigenvalue weighted by atomic mass is 15.1. The van der Waals surface area contributed by atoms with Crippen molar-refractivity contribution in [2.24, 2.45) is 5.73 Å². The van der Waals surface area contributed by atoms with Crippen molar-refractivity contribution in [1.82, 2.24) is 4.90 Å². The van der Waals surface area contributed by atoms with E-state index in [4.69, 9.17) is 5.73 Å². The molecule has 3 rings (SSSR count). The number of aryl methyl sites for hydroxylation is 1. The Morgan fingerprint density at radius 2 is 1.90 bits per heavy atom. The highest BCUT2D eigenvalue weighted by Gasteiger charge is 2.17. The molecule has 2 heterocycles. The number of fused-ring (bicyclic) bond motifs is 1. The number of nitrogens with zero attached hydrogens (tertiary/aromatic N) is 1. The van der Waals surface area contributed by atoms with Crippen molar-refractivity contribution in [3.05, 3.63) is 83.4 Å². The predicted octanol–water partition coefficient (Wildman–Crippen LogP) is 3.51. The maximum Gasteiger partial charge on any atom is 0.0462 e. The van der Waals surface area contributed by atoms with E-state index in [0.717, 1.165) is 31.5 Å². The van der Waals surface area contributed by atoms with Gasteiger partial charge >= 0.3 is 0 Å². The number of nitrogens with two attached hydrogens (primary N) is 1. The van der Waals surface area contributed by atoms with Crippen LogP contribution in [0.1, 0.15) is 18.4 Å². The highest BCUT2D eigenvalue weighted by molar-refractivity contribution is 5.44. The van der Waals surface area contributed by atoms with Gasteiger partial charge in [-0.3, -0.25) is 0 Å². The summed E-state index contributed by atoms with van der Waals surface area (Å²) >= 11 is 0. The maximum atomic E-state index is 6.18. The lowest BCUT2D eigenvalue weighted by molar-refractivity contribution is 0.507. The number of hydrogen-bond donors (Lipinski definition) is 1. The molecule has 1 aromatic rings. The second-order valence-electron chi connectivity index (χ2n) is 5.22. The molecule has 0 unspecified atom stereocenters. The Balaban J connectivity index is 1.69. The predicted molar refractivity (Wildman–Crippen MR) is 83.7 cm³/mol. The molecule has 2 aliphatic heterocycles. The summed E-state index contributed by atoms with van der Waals surface area (Å²) < 4.78 is 0. The molecule has 0 spiro atoms. The Hall–Kier alpha value is -2.22. The average Bonchev–Trinajstić information content (AvgIpc) is 2.50. The van der Waals surface area contributed by atoms with Crippen LogP contribution in [-0.2, 0) is 6.42 Å². The minimum absolute atomic E-state index is 0.879. The Morgan fingerprint density at radius 3 is 2.75 bits per heavy atom. The first kappa shape index (κ1) is 12.8. The number of benzene rings is 1. The van der Waals surface area contributed by atoms with Crippen LogP contribution < -0.4 is 5.73 Å². The number of hydrogen-bond acceptors (Lipinski definition) is 2. The lowest BCUT2D eigenvalue weighted by Gasteiger charge is -2.30. The molecule has 0 saturated heterocycles. The zero-order chi connectivity index (χ0) is 13.8. The molecule has 102 valence electrons. The van der Waals surface area contributed by atoms with Crippen LogP contribution in [0.4, 0.5) is 0 Å². The SMILES string of the molecule is NC1=CCN2C=CC=CC2=C1CCCc1ccccc1. The van der Waals surface area contributed by atoms with Crippen LogP contribution in [-0.4, -0.2) is 11.4 Å². The Bertz CT molecular complexity index is 591. The van der Waals surface area contributed by atoms with Crippen LogP contribution in [0.2, 0.25) is 0 Å². The van der Waals surface area contributed by atoms with Gasteiger partial charge in [-0.1, -0.05) is 36.4 Å². The second-order valence-corrected chi connectivity index (χ2v) is 5.22. The van der Waals surface area contributed by atoms with Gasteiger partial charge in [0.25, 0.3) is 0 Å². The zero-order valence-electron chi connectivity index (χ0n) is 11.6. The van der Waals surface area contributed by atoms with Crippen molar-refractivity contribution >= 4 is 0 Å². The van der Waals surface area contributed by atoms with E-state index in [1.807, 2.05) is 0 Å². The van der Waals surface area contributed by atoms with Gasteiger partial charge in [-0.2, -0.15) is 0 Å². The van der Waals surface area contributed by atoms with E-state index in [2.05, 4.69) is 65.7 Å². The smallest absolute Gasteiger partial charge is 0.0462 e. The fourth-order valence-corrected chi connectivity index (χ4v) is 2.76. The Labute approximate surface area is 120 Å². The van der Waals surface area contributed by atoms with Crippen LogP contribution in [0.3, 0.4) is 0 Å². The van der Waals surface area contributed by atoms with Gasteiger partial charge in [-0.25, -0.2) is 0 Å². The molecule has 2 heteroatoms. The van der Waals surface area contributed by atoms with Crippen molar-refractivity contribution in [1.29, 1.82) is 0 Å². The van der Waals surface area contributed by atoms with Gasteiger partial charge in [0.05, 0.1) is 0 Å². The third kappa shape index (κ3) is 2.69. The Morgan fingerprint density at radius 1 is 1.05 bits per heavy atom. The van der Waals surface area contributed by atoms with Gasteiger partial charge in [0.15, 0.2) is 0 Å². The monoisotopic (exact) mass is 264 g/mol. The summed E-state index contributed by atoms with van der Waals surface area (Å²) in [6, 6.07) is 10.6. The molecule has 1 aromatic carbocycles. The molecular formula is C18H20N2. The van der Waals surface area contributed by atoms with Crippen molar-refractivity contribution in [2.75, 3.05) is 6.54 Å². The average molecular weight is 264 g/mol. The number of rotatable bonds is 4. The van der Waals surface area contributed by atoms with Crippen LogP contribution in [0.25, 0.3) is 0 Å². The second kappa shape index (κ2) is 5.83. The van der Waals surface area contributed by atoms with E-state index in [1.54, 1.807) is 0 Å². The molecule has 2 aliphatic rings. The van der Waals surface area contributed by atoms with Crippen LogP contribution in [0.15, 0.2) is 77.8 Å². The lowest BCUT2D eigenvalue weighted by Crippen LogP contribution is -2.25. The van der Waals surface area contributed by atoms with Crippen molar-refractivity contribution in [3.63, 3.8) is 0 Å². The van der Waals surface area contributed by atoms with E-state index >= 15 is 0 Å². The zero-order valence-corrected chi connectivity index (χ0v) is 11.6. The summed E-state index contributed by atoms with van der Waals surface area (Å²) in [7, 11) is 0. The van der Waals surface area contributed by atoms with E-state index in [1.165, 1.54) is 16.8 Å². The van der Waals surface area contributed by atoms with Crippen LogP contribution in [0.5, 0.6) is 0 Å². The van der Waals surface area contributed by atoms with Gasteiger partial charge in [0, 0.05) is 24.1 Å². The molecule has 0 amide bonds. The lowest BCUT2D eigenvalue weighted by atomic mass is 9.97. The van der Waals surface area contributed by atoms with E-state index in [-0.39, 0.29) is 0 Å². The third-order valence-electron chi connectivity index (χ3n) is 3.84. The molecule has 2 nitrogen and oxygen atoms in total. The molecule has 0 radical (unpaired) electrons. The summed E-state index contributed by atoms with van der Waals surface area (Å²) in [6.07, 6.45) is 13.8. The third-order valence-corrected chi connectivity index (χ3v) is 3.84. The highest BCUT2D eigenvalue weighted by Crippen LogP contribution is 2.27. The maximum absolute atomic E-state index is 6.18. The minimum Gasteiger partial charge on any atom is -0.399 e. The summed E-state index contributed by atoms with van der Waals surface area (Å²) in [5, 5.41) is 0. The molecular weight excluding hydrogens is 244 g/mol. The first-order valence-electron chi connectivity index (χ1n) is 7.19. The van der Waals surface area contributed by atoms with E-state index < -0.39 is 0 Å². The minimum atomic E-state index is 0.879. The molecule has 0 atom stereocenters. The molecule has 20 heavy (non-hydrogen) atoms. The van der Waals surface area contributed by atoms with Gasteiger partial charge in [0.2, 0.25) is 0 Å². The molecule has 0 saturated carbocycles. The van der Waals surface area contributed by atoms with Gasteiger partial charge < -0.3 is 10.6 Å². The standard InChI is InChI=1S/C18H20N2/c19-17-12-14-20-13-5-4-11-18(20)16(17)10-6-9-15-7-2-1-3-8-15/h1-5,7-8,11-13H,6,9-10,14,19H2. The summed E-state index contributed by atoms with van der Waals surface area (Å²) in [5.74, 6) is 0. The molecule has 0 bridgehead atoms. The van der Waals surface area contributed by atoms with Gasteiger partial charge in [0.1, 0.15) is 0 Å². The molecule has 2 N–H and O–H groups in total. The molecule has 0 aliphatic carbocycles. The topological polar surface area (TPSA) is 29.3 Å². The molecule has 0 aromatic heterocycles. The first-order chi connectivity index (χ1) is 9.84. The number of allylic oxidation sites excluding steroid dienone is 4. The first-order valence-corrected chi connectivity index (χ1v) is 7.19. The quantitative estimate of drug-likeness (QED) is 0.901. The fourth-order valence-electron chi connectivity index (χ4n) is 2.76. The molecule has 0 fully saturated rings. The van der Waals surface area contributed by atoms with Crippen LogP contribution in [0, 0.1) is 0 Å². The normalized spacial score (nSPS) is 17.2. The van der Waals surface area contributed by atoms with Gasteiger partial charge in [-0.15, -0.1) is 0 Å². The summed E-state index contributed by atoms with van der Waals surface area (Å²) in [4.78, 5) is 2.26.